The van der Waals surface area contributed by atoms with Crippen LogP contribution in [0.3, 0.4) is 0 Å². The summed E-state index contributed by atoms with van der Waals surface area (Å²) in [7, 11) is 1.57. The quantitative estimate of drug-likeness (QED) is 0.579. The van der Waals surface area contributed by atoms with Crippen molar-refractivity contribution in [3.8, 4) is 0 Å². The van der Waals surface area contributed by atoms with Gasteiger partial charge in [0.05, 0.1) is 12.1 Å². The molecule has 1 atom stereocenters. The van der Waals surface area contributed by atoms with E-state index in [2.05, 4.69) is 5.32 Å². The van der Waals surface area contributed by atoms with E-state index in [1.807, 2.05) is 0 Å². The summed E-state index contributed by atoms with van der Waals surface area (Å²) in [4.78, 5) is 23.7. The van der Waals surface area contributed by atoms with Crippen LogP contribution < -0.4 is 11.1 Å². The minimum absolute atomic E-state index is 0.154. The van der Waals surface area contributed by atoms with Gasteiger partial charge in [0.25, 0.3) is 0 Å². The number of carbonyl (C=O) groups excluding carboxylic acids is 2. The van der Waals surface area contributed by atoms with E-state index in [0.717, 1.165) is 0 Å². The molecule has 0 aliphatic carbocycles. The van der Waals surface area contributed by atoms with Crippen LogP contribution in [0.1, 0.15) is 20.8 Å². The van der Waals surface area contributed by atoms with Gasteiger partial charge in [-0.15, -0.1) is 0 Å². The summed E-state index contributed by atoms with van der Waals surface area (Å²) in [6, 6.07) is -1.44. The number of rotatable bonds is 4. The third-order valence-electron chi connectivity index (χ3n) is 2.35. The van der Waals surface area contributed by atoms with Crippen molar-refractivity contribution < 1.29 is 14.7 Å². The molecule has 0 aliphatic rings. The predicted molar refractivity (Wildman–Crippen MR) is 56.1 cm³/mol. The summed E-state index contributed by atoms with van der Waals surface area (Å²) in [5.74, 6) is -0.298. The average Bonchev–Trinajstić information content (AvgIpc) is 2.14. The number of urea groups is 1. The largest absolute Gasteiger partial charge is 0.394 e. The normalized spacial score (nSPS) is 13.1. The Morgan fingerprint density at radius 1 is 1.53 bits per heavy atom. The molecule has 0 saturated carbocycles. The third kappa shape index (κ3) is 3.75. The van der Waals surface area contributed by atoms with Gasteiger partial charge in [-0.1, -0.05) is 0 Å². The Balaban J connectivity index is 4.51. The zero-order valence-corrected chi connectivity index (χ0v) is 9.57. The maximum atomic E-state index is 11.7. The molecule has 0 aromatic rings. The van der Waals surface area contributed by atoms with Gasteiger partial charge in [0.2, 0.25) is 5.91 Å². The molecule has 0 spiro atoms. The highest BCUT2D eigenvalue weighted by Crippen LogP contribution is 2.12. The van der Waals surface area contributed by atoms with Crippen molar-refractivity contribution >= 4 is 11.9 Å². The second kappa shape index (κ2) is 4.97. The van der Waals surface area contributed by atoms with Crippen molar-refractivity contribution in [3.05, 3.63) is 0 Å². The Morgan fingerprint density at radius 3 is 2.33 bits per heavy atom. The topological polar surface area (TPSA) is 95.7 Å². The third-order valence-corrected chi connectivity index (χ3v) is 2.35. The molecule has 0 aliphatic heterocycles. The first kappa shape index (κ1) is 13.7. The fourth-order valence-electron chi connectivity index (χ4n) is 0.970. The lowest BCUT2D eigenvalue weighted by Gasteiger charge is -2.35. The van der Waals surface area contributed by atoms with E-state index in [0.29, 0.717) is 0 Å². The maximum Gasteiger partial charge on any atom is 0.312 e. The summed E-state index contributed by atoms with van der Waals surface area (Å²) in [6.07, 6.45) is 0. The predicted octanol–water partition coefficient (Wildman–Crippen LogP) is -0.727. The smallest absolute Gasteiger partial charge is 0.312 e. The van der Waals surface area contributed by atoms with Gasteiger partial charge in [-0.05, 0) is 20.8 Å². The maximum absolute atomic E-state index is 11.7. The molecule has 0 rings (SSSR count). The summed E-state index contributed by atoms with van der Waals surface area (Å²) in [5, 5.41) is 11.4. The zero-order chi connectivity index (χ0) is 12.2. The summed E-state index contributed by atoms with van der Waals surface area (Å²) in [5.41, 5.74) is 4.24. The van der Waals surface area contributed by atoms with Crippen LogP contribution in [0.15, 0.2) is 0 Å². The molecule has 0 bridgehead atoms. The number of likely N-dealkylation sites (N-methyl/N-ethyl adjacent to an activating group) is 1. The van der Waals surface area contributed by atoms with Gasteiger partial charge in [0, 0.05) is 7.05 Å². The van der Waals surface area contributed by atoms with E-state index in [1.54, 1.807) is 20.9 Å². The van der Waals surface area contributed by atoms with E-state index < -0.39 is 17.6 Å². The molecular formula is C9H19N3O3. The molecule has 4 N–H and O–H groups in total. The molecule has 88 valence electrons. The van der Waals surface area contributed by atoms with Crippen molar-refractivity contribution in [3.63, 3.8) is 0 Å². The van der Waals surface area contributed by atoms with Crippen molar-refractivity contribution in [2.75, 3.05) is 13.7 Å². The van der Waals surface area contributed by atoms with Gasteiger partial charge in [-0.25, -0.2) is 4.79 Å². The molecule has 1 unspecified atom stereocenters. The fraction of sp³-hybridized carbons (Fsp3) is 0.778. The Kier molecular flexibility index (Phi) is 4.54. The van der Waals surface area contributed by atoms with Crippen molar-refractivity contribution in [1.29, 1.82) is 0 Å². The number of primary amides is 1. The molecule has 6 nitrogen and oxygen atoms in total. The van der Waals surface area contributed by atoms with Crippen LogP contribution in [-0.4, -0.2) is 47.2 Å². The highest BCUT2D eigenvalue weighted by atomic mass is 16.3. The molecule has 15 heavy (non-hydrogen) atoms. The molecule has 0 radical (unpaired) electrons. The average molecular weight is 217 g/mol. The first-order valence-electron chi connectivity index (χ1n) is 4.67. The number of hydrogen-bond donors (Lipinski definition) is 3. The Bertz CT molecular complexity index is 253. The molecule has 3 amide bonds. The molecular weight excluding hydrogens is 198 g/mol. The van der Waals surface area contributed by atoms with E-state index in [-0.39, 0.29) is 12.5 Å². The van der Waals surface area contributed by atoms with Crippen molar-refractivity contribution in [2.45, 2.75) is 32.4 Å². The Hall–Kier alpha value is -1.30. The van der Waals surface area contributed by atoms with Crippen molar-refractivity contribution in [2.24, 2.45) is 5.73 Å². The van der Waals surface area contributed by atoms with Crippen LogP contribution in [-0.2, 0) is 4.79 Å². The van der Waals surface area contributed by atoms with Crippen LogP contribution >= 0.6 is 0 Å². The second-order valence-corrected chi connectivity index (χ2v) is 4.10. The minimum atomic E-state index is -0.744. The lowest BCUT2D eigenvalue weighted by atomic mass is 10.0. The molecule has 0 aromatic heterocycles. The first-order valence-corrected chi connectivity index (χ1v) is 4.67. The number of nitrogens with one attached hydrogen (secondary N) is 1. The van der Waals surface area contributed by atoms with E-state index in [9.17, 15) is 9.59 Å². The Labute approximate surface area is 89.4 Å². The summed E-state index contributed by atoms with van der Waals surface area (Å²) >= 11 is 0. The van der Waals surface area contributed by atoms with Gasteiger partial charge < -0.3 is 21.1 Å². The van der Waals surface area contributed by atoms with Crippen LogP contribution in [0.25, 0.3) is 0 Å². The fourth-order valence-corrected chi connectivity index (χ4v) is 0.970. The Morgan fingerprint density at radius 2 is 2.00 bits per heavy atom. The van der Waals surface area contributed by atoms with Crippen LogP contribution in [0.5, 0.6) is 0 Å². The second-order valence-electron chi connectivity index (χ2n) is 4.10. The molecule has 6 heteroatoms. The lowest BCUT2D eigenvalue weighted by molar-refractivity contribution is -0.137. The molecule has 0 aromatic carbocycles. The van der Waals surface area contributed by atoms with Gasteiger partial charge in [-0.2, -0.15) is 0 Å². The lowest BCUT2D eigenvalue weighted by Crippen LogP contribution is -2.55. The van der Waals surface area contributed by atoms with Gasteiger partial charge in [0.15, 0.2) is 0 Å². The summed E-state index contributed by atoms with van der Waals surface area (Å²) < 4.78 is 0. The van der Waals surface area contributed by atoms with Gasteiger partial charge >= 0.3 is 6.03 Å². The number of amides is 3. The van der Waals surface area contributed by atoms with Gasteiger partial charge in [0.1, 0.15) is 6.04 Å². The first-order chi connectivity index (χ1) is 6.72. The van der Waals surface area contributed by atoms with E-state index in [1.165, 1.54) is 11.8 Å². The molecule has 0 fully saturated rings. The molecule has 0 heterocycles. The number of nitrogens with zero attached hydrogens (tertiary/aromatic N) is 1. The standard InChI is InChI=1S/C9H19N3O3/c1-6(11-8(10)15)7(14)12(4)9(2,3)5-13/h6,13H,5H2,1-4H3,(H3,10,11,15). The minimum Gasteiger partial charge on any atom is -0.394 e. The van der Waals surface area contributed by atoms with Gasteiger partial charge in [-0.3, -0.25) is 4.79 Å². The van der Waals surface area contributed by atoms with Crippen LogP contribution in [0.4, 0.5) is 4.79 Å². The van der Waals surface area contributed by atoms with Crippen LogP contribution in [0, 0.1) is 0 Å². The zero-order valence-electron chi connectivity index (χ0n) is 9.57. The number of aliphatic hydroxyl groups is 1. The highest BCUT2D eigenvalue weighted by molar-refractivity contribution is 5.86. The van der Waals surface area contributed by atoms with E-state index >= 15 is 0 Å². The summed E-state index contributed by atoms with van der Waals surface area (Å²) in [6.45, 7) is 4.83. The number of nitrogens with two attached hydrogens (primary N) is 1. The highest BCUT2D eigenvalue weighted by Gasteiger charge is 2.29. The van der Waals surface area contributed by atoms with E-state index in [4.69, 9.17) is 10.8 Å². The number of hydrogen-bond acceptors (Lipinski definition) is 3. The SMILES string of the molecule is CC(NC(N)=O)C(=O)N(C)C(C)(C)CO. The molecule has 0 saturated heterocycles. The van der Waals surface area contributed by atoms with Crippen molar-refractivity contribution in [1.82, 2.24) is 10.2 Å². The number of aliphatic hydroxyl groups excluding tert-OH is 1. The number of carbonyl (C=O) groups is 2. The monoisotopic (exact) mass is 217 g/mol. The van der Waals surface area contributed by atoms with Crippen LogP contribution in [0.2, 0.25) is 0 Å².